The zero-order chi connectivity index (χ0) is 21.6. The molecule has 3 amide bonds. The predicted molar refractivity (Wildman–Crippen MR) is 124 cm³/mol. The smallest absolute Gasteiger partial charge is 0.319 e. The number of rotatable bonds is 5. The van der Waals surface area contributed by atoms with Crippen LogP contribution in [0.25, 0.3) is 0 Å². The van der Waals surface area contributed by atoms with Gasteiger partial charge in [-0.15, -0.1) is 0 Å². The predicted octanol–water partition coefficient (Wildman–Crippen LogP) is 5.42. The first-order valence-electron chi connectivity index (χ1n) is 10.7. The van der Waals surface area contributed by atoms with Gasteiger partial charge in [-0.05, 0) is 54.7 Å². The van der Waals surface area contributed by atoms with Crippen LogP contribution in [0.15, 0.2) is 78.9 Å². The Morgan fingerprint density at radius 3 is 2.13 bits per heavy atom. The number of aryl methyl sites for hydroxylation is 1. The van der Waals surface area contributed by atoms with Gasteiger partial charge in [-0.1, -0.05) is 60.7 Å². The second kappa shape index (κ2) is 9.47. The number of anilines is 2. The van der Waals surface area contributed by atoms with Crippen LogP contribution in [0.2, 0.25) is 0 Å². The molecule has 1 aliphatic rings. The quantitative estimate of drug-likeness (QED) is 0.586. The molecule has 0 aliphatic carbocycles. The molecule has 1 saturated heterocycles. The highest BCUT2D eigenvalue weighted by Gasteiger charge is 2.21. The third-order valence-corrected chi connectivity index (χ3v) is 5.61. The number of hydrogen-bond donors (Lipinski definition) is 2. The molecule has 3 aromatic carbocycles. The molecule has 31 heavy (non-hydrogen) atoms. The summed E-state index contributed by atoms with van der Waals surface area (Å²) in [5, 5.41) is 6.03. The molecule has 0 spiro atoms. The monoisotopic (exact) mass is 413 g/mol. The first-order valence-corrected chi connectivity index (χ1v) is 10.7. The summed E-state index contributed by atoms with van der Waals surface area (Å²) in [6.45, 7) is 2.72. The molecule has 0 atom stereocenters. The standard InChI is InChI=1S/C26H27N3O2/c1-19-18-22(15-16-23(19)29-17-9-8-14-24(29)30)27-26(31)28-25(20-10-4-2-5-11-20)21-12-6-3-7-13-21/h2-7,10-13,15-16,18,25H,8-9,14,17H2,1H3,(H2,27,28,31). The Morgan fingerprint density at radius 1 is 0.903 bits per heavy atom. The lowest BCUT2D eigenvalue weighted by Gasteiger charge is -2.28. The fourth-order valence-corrected chi connectivity index (χ4v) is 4.05. The van der Waals surface area contributed by atoms with Crippen molar-refractivity contribution in [2.75, 3.05) is 16.8 Å². The number of urea groups is 1. The minimum absolute atomic E-state index is 0.168. The molecule has 0 aromatic heterocycles. The fourth-order valence-electron chi connectivity index (χ4n) is 4.05. The Kier molecular flexibility index (Phi) is 6.32. The highest BCUT2D eigenvalue weighted by molar-refractivity contribution is 5.95. The Balaban J connectivity index is 1.49. The number of piperidine rings is 1. The molecule has 4 rings (SSSR count). The molecule has 5 heteroatoms. The summed E-state index contributed by atoms with van der Waals surface area (Å²) in [6, 6.07) is 25.0. The SMILES string of the molecule is Cc1cc(NC(=O)NC(c2ccccc2)c2ccccc2)ccc1N1CCCCC1=O. The maximum atomic E-state index is 12.8. The summed E-state index contributed by atoms with van der Waals surface area (Å²) in [6.07, 6.45) is 2.58. The van der Waals surface area contributed by atoms with E-state index in [1.165, 1.54) is 0 Å². The van der Waals surface area contributed by atoms with E-state index in [0.717, 1.165) is 41.8 Å². The normalized spacial score (nSPS) is 13.9. The lowest BCUT2D eigenvalue weighted by atomic mass is 9.99. The van der Waals surface area contributed by atoms with E-state index in [0.29, 0.717) is 12.1 Å². The summed E-state index contributed by atoms with van der Waals surface area (Å²) < 4.78 is 0. The number of nitrogens with zero attached hydrogens (tertiary/aromatic N) is 1. The molecule has 1 fully saturated rings. The van der Waals surface area contributed by atoms with Gasteiger partial charge in [-0.3, -0.25) is 4.79 Å². The van der Waals surface area contributed by atoms with Gasteiger partial charge in [0, 0.05) is 24.3 Å². The molecule has 158 valence electrons. The second-order valence-electron chi connectivity index (χ2n) is 7.86. The van der Waals surface area contributed by atoms with Gasteiger partial charge in [0.25, 0.3) is 0 Å². The van der Waals surface area contributed by atoms with Crippen molar-refractivity contribution in [1.82, 2.24) is 5.32 Å². The molecule has 1 aliphatic heterocycles. The van der Waals surface area contributed by atoms with Crippen LogP contribution in [-0.4, -0.2) is 18.5 Å². The van der Waals surface area contributed by atoms with Crippen LogP contribution < -0.4 is 15.5 Å². The van der Waals surface area contributed by atoms with Gasteiger partial charge < -0.3 is 15.5 Å². The number of carbonyl (C=O) groups is 2. The molecule has 1 heterocycles. The number of hydrogen-bond acceptors (Lipinski definition) is 2. The molecule has 0 unspecified atom stereocenters. The van der Waals surface area contributed by atoms with Crippen molar-refractivity contribution in [3.63, 3.8) is 0 Å². The zero-order valence-corrected chi connectivity index (χ0v) is 17.7. The lowest BCUT2D eigenvalue weighted by Crippen LogP contribution is -2.35. The molecular formula is C26H27N3O2. The molecule has 0 radical (unpaired) electrons. The summed E-state index contributed by atoms with van der Waals surface area (Å²) >= 11 is 0. The van der Waals surface area contributed by atoms with Crippen LogP contribution in [-0.2, 0) is 4.79 Å². The zero-order valence-electron chi connectivity index (χ0n) is 17.7. The average Bonchev–Trinajstić information content (AvgIpc) is 2.79. The van der Waals surface area contributed by atoms with E-state index in [2.05, 4.69) is 10.6 Å². The van der Waals surface area contributed by atoms with E-state index >= 15 is 0 Å². The van der Waals surface area contributed by atoms with Gasteiger partial charge >= 0.3 is 6.03 Å². The summed E-state index contributed by atoms with van der Waals surface area (Å²) in [7, 11) is 0. The minimum atomic E-state index is -0.279. The fraction of sp³-hybridized carbons (Fsp3) is 0.231. The maximum absolute atomic E-state index is 12.8. The first kappa shape index (κ1) is 20.7. The van der Waals surface area contributed by atoms with Crippen molar-refractivity contribution in [2.45, 2.75) is 32.2 Å². The topological polar surface area (TPSA) is 61.4 Å². The van der Waals surface area contributed by atoms with Crippen molar-refractivity contribution >= 4 is 23.3 Å². The van der Waals surface area contributed by atoms with Crippen LogP contribution in [0.1, 0.15) is 42.0 Å². The van der Waals surface area contributed by atoms with Crippen LogP contribution in [0.4, 0.5) is 16.2 Å². The van der Waals surface area contributed by atoms with Gasteiger partial charge in [0.1, 0.15) is 0 Å². The molecule has 5 nitrogen and oxygen atoms in total. The summed E-state index contributed by atoms with van der Waals surface area (Å²) in [5.41, 5.74) is 4.61. The van der Waals surface area contributed by atoms with E-state index in [1.807, 2.05) is 90.7 Å². The maximum Gasteiger partial charge on any atom is 0.319 e. The van der Waals surface area contributed by atoms with E-state index in [4.69, 9.17) is 0 Å². The third kappa shape index (κ3) is 4.94. The summed E-state index contributed by atoms with van der Waals surface area (Å²) in [4.78, 5) is 26.9. The number of amides is 3. The Morgan fingerprint density at radius 2 is 1.55 bits per heavy atom. The van der Waals surface area contributed by atoms with Gasteiger partial charge in [-0.2, -0.15) is 0 Å². The van der Waals surface area contributed by atoms with Crippen molar-refractivity contribution in [2.24, 2.45) is 0 Å². The molecule has 2 N–H and O–H groups in total. The molecule has 0 saturated carbocycles. The largest absolute Gasteiger partial charge is 0.327 e. The Bertz CT molecular complexity index is 1010. The van der Waals surface area contributed by atoms with Gasteiger partial charge in [0.2, 0.25) is 5.91 Å². The van der Waals surface area contributed by atoms with Crippen molar-refractivity contribution < 1.29 is 9.59 Å². The van der Waals surface area contributed by atoms with E-state index in [1.54, 1.807) is 0 Å². The van der Waals surface area contributed by atoms with Crippen LogP contribution in [0.5, 0.6) is 0 Å². The van der Waals surface area contributed by atoms with Gasteiger partial charge in [0.05, 0.1) is 6.04 Å². The highest BCUT2D eigenvalue weighted by Crippen LogP contribution is 2.27. The van der Waals surface area contributed by atoms with Crippen LogP contribution in [0, 0.1) is 6.92 Å². The first-order chi connectivity index (χ1) is 15.1. The molecule has 0 bridgehead atoms. The number of carbonyl (C=O) groups excluding carboxylic acids is 2. The van der Waals surface area contributed by atoms with Gasteiger partial charge in [-0.25, -0.2) is 4.79 Å². The Labute approximate surface area is 183 Å². The second-order valence-corrected chi connectivity index (χ2v) is 7.86. The van der Waals surface area contributed by atoms with E-state index in [9.17, 15) is 9.59 Å². The third-order valence-electron chi connectivity index (χ3n) is 5.61. The number of benzene rings is 3. The Hall–Kier alpha value is -3.60. The van der Waals surface area contributed by atoms with E-state index < -0.39 is 0 Å². The van der Waals surface area contributed by atoms with E-state index in [-0.39, 0.29) is 18.0 Å². The minimum Gasteiger partial charge on any atom is -0.327 e. The van der Waals surface area contributed by atoms with Crippen molar-refractivity contribution in [3.8, 4) is 0 Å². The van der Waals surface area contributed by atoms with Gasteiger partial charge in [0.15, 0.2) is 0 Å². The highest BCUT2D eigenvalue weighted by atomic mass is 16.2. The molecule has 3 aromatic rings. The molecular weight excluding hydrogens is 386 g/mol. The van der Waals surface area contributed by atoms with Crippen molar-refractivity contribution in [1.29, 1.82) is 0 Å². The van der Waals surface area contributed by atoms with Crippen LogP contribution in [0.3, 0.4) is 0 Å². The van der Waals surface area contributed by atoms with Crippen molar-refractivity contribution in [3.05, 3.63) is 95.6 Å². The average molecular weight is 414 g/mol. The summed E-state index contributed by atoms with van der Waals surface area (Å²) in [5.74, 6) is 0.168. The lowest BCUT2D eigenvalue weighted by molar-refractivity contribution is -0.119. The number of nitrogens with one attached hydrogen (secondary N) is 2. The van der Waals surface area contributed by atoms with Crippen LogP contribution >= 0.6 is 0 Å².